The third kappa shape index (κ3) is 3.18. The number of carbonyl (C=O) groups excluding carboxylic acids is 1. The van der Waals surface area contributed by atoms with E-state index in [4.69, 9.17) is 8.83 Å². The zero-order valence-corrected chi connectivity index (χ0v) is 12.5. The Balaban J connectivity index is 2.54. The monoisotopic (exact) mass is 315 g/mol. The number of nitriles is 1. The Morgan fingerprint density at radius 3 is 2.61 bits per heavy atom. The highest BCUT2D eigenvalue weighted by Crippen LogP contribution is 2.28. The van der Waals surface area contributed by atoms with Crippen molar-refractivity contribution < 1.29 is 13.6 Å². The third-order valence-electron chi connectivity index (χ3n) is 3.25. The lowest BCUT2D eigenvalue weighted by Crippen LogP contribution is -2.31. The number of likely N-dealkylation sites (N-methyl/N-ethyl adjacent to an activating group) is 1. The summed E-state index contributed by atoms with van der Waals surface area (Å²) in [5.41, 5.74) is 0.0262. The van der Waals surface area contributed by atoms with Gasteiger partial charge in [-0.05, 0) is 42.8 Å². The normalized spacial score (nSPS) is 11.3. The van der Waals surface area contributed by atoms with Gasteiger partial charge in [-0.2, -0.15) is 5.26 Å². The molecule has 0 fully saturated rings. The van der Waals surface area contributed by atoms with Gasteiger partial charge >= 0.3 is 5.82 Å². The second-order valence-corrected chi connectivity index (χ2v) is 4.56. The first-order valence-electron chi connectivity index (χ1n) is 6.86. The van der Waals surface area contributed by atoms with E-state index >= 15 is 0 Å². The number of nitroso groups, excluding NO2 is 1. The molecule has 0 aliphatic carbocycles. The highest BCUT2D eigenvalue weighted by atomic mass is 16.6. The Kier molecular flexibility index (Phi) is 4.71. The maximum atomic E-state index is 12.2. The summed E-state index contributed by atoms with van der Waals surface area (Å²) in [7, 11) is 0. The lowest BCUT2D eigenvalue weighted by atomic mass is 10.1. The minimum Gasteiger partial charge on any atom is -0.391 e. The Morgan fingerprint density at radius 2 is 2.04 bits per heavy atom. The summed E-state index contributed by atoms with van der Waals surface area (Å²) >= 11 is 0. The predicted molar refractivity (Wildman–Crippen MR) is 81.7 cm³/mol. The molecule has 8 heteroatoms. The molecule has 0 N–H and O–H groups in total. The van der Waals surface area contributed by atoms with E-state index in [9.17, 15) is 19.8 Å². The molecule has 2 aromatic rings. The number of hydrogen-bond acceptors (Lipinski definition) is 7. The molecule has 0 radical (unpaired) electrons. The van der Waals surface area contributed by atoms with Crippen LogP contribution in [0.5, 0.6) is 0 Å². The fraction of sp³-hybridized carbons (Fsp3) is 0.267. The van der Waals surface area contributed by atoms with Crippen LogP contribution in [0.1, 0.15) is 19.4 Å². The van der Waals surface area contributed by atoms with Crippen molar-refractivity contribution in [3.8, 4) is 6.07 Å². The number of benzene rings is 1. The minimum atomic E-state index is -0.967. The maximum Gasteiger partial charge on any atom is 0.519 e. The van der Waals surface area contributed by atoms with Gasteiger partial charge in [0.25, 0.3) is 5.91 Å². The van der Waals surface area contributed by atoms with Crippen molar-refractivity contribution in [1.29, 1.82) is 5.26 Å². The topological polar surface area (TPSA) is 117 Å². The summed E-state index contributed by atoms with van der Waals surface area (Å²) in [5, 5.41) is 12.0. The van der Waals surface area contributed by atoms with E-state index < -0.39 is 11.7 Å². The average molecular weight is 315 g/mol. The standard InChI is InChI=1S/C15H13N3O5/c1-3-18(4-2)14(19)10(8-16)5-9-6-11(17-21)13-12(7-9)22-15(20)23-13/h5-7H,3-4H2,1-2H3/b10-5+. The van der Waals surface area contributed by atoms with Crippen molar-refractivity contribution in [2.45, 2.75) is 13.8 Å². The lowest BCUT2D eigenvalue weighted by molar-refractivity contribution is -0.126. The average Bonchev–Trinajstić information content (AvgIpc) is 2.92. The SMILES string of the molecule is CCN(CC)C(=O)/C(C#N)=C/c1cc(N=O)c2oc(=O)oc2c1. The third-order valence-corrected chi connectivity index (χ3v) is 3.25. The molecule has 8 nitrogen and oxygen atoms in total. The van der Waals surface area contributed by atoms with E-state index in [1.165, 1.54) is 23.1 Å². The summed E-state index contributed by atoms with van der Waals surface area (Å²) < 4.78 is 9.51. The Bertz CT molecular complexity index is 881. The van der Waals surface area contributed by atoms with Gasteiger partial charge in [0.1, 0.15) is 11.6 Å². The largest absolute Gasteiger partial charge is 0.519 e. The van der Waals surface area contributed by atoms with Gasteiger partial charge in [0.2, 0.25) is 5.58 Å². The zero-order chi connectivity index (χ0) is 17.0. The quantitative estimate of drug-likeness (QED) is 0.475. The van der Waals surface area contributed by atoms with E-state index in [0.717, 1.165) is 0 Å². The first-order valence-corrected chi connectivity index (χ1v) is 6.86. The number of amides is 1. The fourth-order valence-corrected chi connectivity index (χ4v) is 2.12. The molecule has 0 saturated carbocycles. The van der Waals surface area contributed by atoms with Gasteiger partial charge in [-0.1, -0.05) is 0 Å². The molecule has 23 heavy (non-hydrogen) atoms. The van der Waals surface area contributed by atoms with Crippen molar-refractivity contribution in [2.24, 2.45) is 5.18 Å². The van der Waals surface area contributed by atoms with Crippen LogP contribution < -0.4 is 5.82 Å². The fourth-order valence-electron chi connectivity index (χ4n) is 2.12. The Labute approximate surface area is 130 Å². The molecule has 1 heterocycles. The lowest BCUT2D eigenvalue weighted by Gasteiger charge is -2.17. The van der Waals surface area contributed by atoms with Crippen molar-refractivity contribution in [1.82, 2.24) is 4.90 Å². The van der Waals surface area contributed by atoms with Crippen molar-refractivity contribution in [3.63, 3.8) is 0 Å². The molecule has 0 atom stereocenters. The van der Waals surface area contributed by atoms with Crippen LogP contribution in [-0.2, 0) is 4.79 Å². The van der Waals surface area contributed by atoms with Gasteiger partial charge in [0.15, 0.2) is 11.3 Å². The van der Waals surface area contributed by atoms with E-state index in [1.807, 2.05) is 6.07 Å². The number of fused-ring (bicyclic) bond motifs is 1. The van der Waals surface area contributed by atoms with Gasteiger partial charge in [0, 0.05) is 13.1 Å². The van der Waals surface area contributed by atoms with Crippen LogP contribution in [0.3, 0.4) is 0 Å². The van der Waals surface area contributed by atoms with E-state index in [0.29, 0.717) is 18.7 Å². The van der Waals surface area contributed by atoms with Gasteiger partial charge < -0.3 is 13.7 Å². The second-order valence-electron chi connectivity index (χ2n) is 4.56. The van der Waals surface area contributed by atoms with Crippen LogP contribution >= 0.6 is 0 Å². The molecule has 0 unspecified atom stereocenters. The van der Waals surface area contributed by atoms with Gasteiger partial charge in [0.05, 0.1) is 0 Å². The molecule has 0 aliphatic heterocycles. The molecular formula is C15H13N3O5. The molecule has 1 aromatic heterocycles. The van der Waals surface area contributed by atoms with Crippen LogP contribution in [0.15, 0.2) is 36.5 Å². The summed E-state index contributed by atoms with van der Waals surface area (Å²) in [5.74, 6) is -1.39. The first-order chi connectivity index (χ1) is 11.0. The van der Waals surface area contributed by atoms with Crippen LogP contribution in [-0.4, -0.2) is 23.9 Å². The van der Waals surface area contributed by atoms with Crippen LogP contribution in [0.2, 0.25) is 0 Å². The molecule has 1 aromatic carbocycles. The molecule has 0 spiro atoms. The Morgan fingerprint density at radius 1 is 1.35 bits per heavy atom. The van der Waals surface area contributed by atoms with Gasteiger partial charge in [-0.15, -0.1) is 4.91 Å². The van der Waals surface area contributed by atoms with E-state index in [-0.39, 0.29) is 22.4 Å². The van der Waals surface area contributed by atoms with Crippen LogP contribution in [0.25, 0.3) is 17.2 Å². The van der Waals surface area contributed by atoms with Crippen molar-refractivity contribution in [3.05, 3.63) is 38.8 Å². The first kappa shape index (κ1) is 16.2. The van der Waals surface area contributed by atoms with E-state index in [1.54, 1.807) is 13.8 Å². The van der Waals surface area contributed by atoms with Crippen LogP contribution in [0, 0.1) is 16.2 Å². The number of hydrogen-bond donors (Lipinski definition) is 0. The van der Waals surface area contributed by atoms with Crippen LogP contribution in [0.4, 0.5) is 5.69 Å². The minimum absolute atomic E-state index is 0.0194. The van der Waals surface area contributed by atoms with E-state index in [2.05, 4.69) is 5.18 Å². The molecule has 0 aliphatic rings. The predicted octanol–water partition coefficient (Wildman–Crippen LogP) is 2.56. The van der Waals surface area contributed by atoms with Crippen molar-refractivity contribution in [2.75, 3.05) is 13.1 Å². The molecule has 0 bridgehead atoms. The number of nitrogens with zero attached hydrogens (tertiary/aromatic N) is 3. The maximum absolute atomic E-state index is 12.2. The number of rotatable bonds is 5. The highest BCUT2D eigenvalue weighted by Gasteiger charge is 2.17. The summed E-state index contributed by atoms with van der Waals surface area (Å²) in [6, 6.07) is 4.53. The summed E-state index contributed by atoms with van der Waals surface area (Å²) in [6.07, 6.45) is 1.31. The molecule has 0 saturated heterocycles. The van der Waals surface area contributed by atoms with Gasteiger partial charge in [-0.3, -0.25) is 4.79 Å². The second kappa shape index (κ2) is 6.70. The zero-order valence-electron chi connectivity index (χ0n) is 12.5. The number of carbonyl (C=O) groups is 1. The smallest absolute Gasteiger partial charge is 0.391 e. The molecular weight excluding hydrogens is 302 g/mol. The molecule has 1 amide bonds. The Hall–Kier alpha value is -3.21. The molecule has 118 valence electrons. The molecule has 2 rings (SSSR count). The highest BCUT2D eigenvalue weighted by molar-refractivity contribution is 6.02. The summed E-state index contributed by atoms with van der Waals surface area (Å²) in [6.45, 7) is 4.53. The summed E-state index contributed by atoms with van der Waals surface area (Å²) in [4.78, 5) is 35.7. The van der Waals surface area contributed by atoms with Crippen molar-refractivity contribution >= 4 is 28.8 Å². The van der Waals surface area contributed by atoms with Gasteiger partial charge in [-0.25, -0.2) is 4.79 Å².